The lowest BCUT2D eigenvalue weighted by molar-refractivity contribution is 0.0857. The van der Waals surface area contributed by atoms with Crippen molar-refractivity contribution in [2.75, 3.05) is 0 Å². The molecule has 0 saturated carbocycles. The van der Waals surface area contributed by atoms with Crippen LogP contribution in [0.5, 0.6) is 0 Å². The van der Waals surface area contributed by atoms with Gasteiger partial charge in [0, 0.05) is 12.6 Å². The fourth-order valence-corrected chi connectivity index (χ4v) is 2.80. The molecule has 2 aromatic rings. The highest BCUT2D eigenvalue weighted by Gasteiger charge is 2.32. The molecule has 4 nitrogen and oxygen atoms in total. The normalized spacial score (nSPS) is 20.4. The third-order valence-electron chi connectivity index (χ3n) is 3.55. The summed E-state index contributed by atoms with van der Waals surface area (Å²) < 4.78 is 0.394. The molecule has 0 spiro atoms. The van der Waals surface area contributed by atoms with E-state index in [1.54, 1.807) is 18.3 Å². The van der Waals surface area contributed by atoms with E-state index in [9.17, 15) is 9.90 Å². The van der Waals surface area contributed by atoms with Crippen molar-refractivity contribution < 1.29 is 9.90 Å². The molecule has 5 heteroatoms. The van der Waals surface area contributed by atoms with Crippen LogP contribution in [-0.4, -0.2) is 22.1 Å². The Bertz CT molecular complexity index is 711. The average Bonchev–Trinajstić information content (AvgIpc) is 2.76. The fraction of sp³-hybridized carbons (Fsp3) is 0.200. The van der Waals surface area contributed by atoms with E-state index >= 15 is 0 Å². The van der Waals surface area contributed by atoms with Gasteiger partial charge in [-0.1, -0.05) is 36.5 Å². The van der Waals surface area contributed by atoms with Crippen molar-refractivity contribution in [3.63, 3.8) is 0 Å². The summed E-state index contributed by atoms with van der Waals surface area (Å²) in [7, 11) is 0. The summed E-state index contributed by atoms with van der Waals surface area (Å²) in [4.78, 5) is 15.1. The molecule has 0 bridgehead atoms. The van der Waals surface area contributed by atoms with E-state index in [1.807, 2.05) is 24.3 Å². The maximum atomic E-state index is 12.3. The molecule has 0 fully saturated rings. The summed E-state index contributed by atoms with van der Waals surface area (Å²) in [5, 5.41) is 13.0. The molecule has 1 aliphatic rings. The van der Waals surface area contributed by atoms with Gasteiger partial charge in [-0.3, -0.25) is 4.79 Å². The van der Waals surface area contributed by atoms with E-state index in [0.29, 0.717) is 16.6 Å². The van der Waals surface area contributed by atoms with Gasteiger partial charge in [0.05, 0.1) is 17.7 Å². The van der Waals surface area contributed by atoms with Crippen LogP contribution < -0.4 is 5.32 Å². The van der Waals surface area contributed by atoms with Crippen molar-refractivity contribution in [2.24, 2.45) is 0 Å². The van der Waals surface area contributed by atoms with Crippen molar-refractivity contribution in [2.45, 2.75) is 18.6 Å². The molecule has 0 aliphatic heterocycles. The summed E-state index contributed by atoms with van der Waals surface area (Å²) in [6.45, 7) is 0. The van der Waals surface area contributed by atoms with E-state index in [1.165, 1.54) is 0 Å². The maximum absolute atomic E-state index is 12.3. The van der Waals surface area contributed by atoms with Crippen LogP contribution in [0.3, 0.4) is 0 Å². The zero-order valence-electron chi connectivity index (χ0n) is 10.7. The summed E-state index contributed by atoms with van der Waals surface area (Å²) >= 11 is 5.10. The number of nitrogens with one attached hydrogen (secondary N) is 2. The first-order chi connectivity index (χ1) is 9.66. The molecular weight excluding hydrogens is 272 g/mol. The largest absolute Gasteiger partial charge is 0.390 e. The van der Waals surface area contributed by atoms with E-state index < -0.39 is 6.10 Å². The number of carbonyl (C=O) groups excluding carboxylic acids is 1. The molecule has 102 valence electrons. The number of benzene rings is 1. The van der Waals surface area contributed by atoms with Crippen LogP contribution in [0, 0.1) is 4.64 Å². The number of aliphatic hydroxyl groups is 1. The van der Waals surface area contributed by atoms with E-state index in [-0.39, 0.29) is 11.9 Å². The average molecular weight is 286 g/mol. The summed E-state index contributed by atoms with van der Waals surface area (Å²) in [5.41, 5.74) is 2.46. The Labute approximate surface area is 121 Å². The first-order valence-corrected chi connectivity index (χ1v) is 6.82. The minimum atomic E-state index is -0.599. The predicted molar refractivity (Wildman–Crippen MR) is 78.0 cm³/mol. The Morgan fingerprint density at radius 3 is 2.90 bits per heavy atom. The number of aliphatic hydroxyl groups excluding tert-OH is 1. The Balaban J connectivity index is 1.87. The molecule has 20 heavy (non-hydrogen) atoms. The van der Waals surface area contributed by atoms with Crippen molar-refractivity contribution in [1.29, 1.82) is 0 Å². The lowest BCUT2D eigenvalue weighted by atomic mass is 10.1. The number of fused-ring (bicyclic) bond motifs is 1. The van der Waals surface area contributed by atoms with Crippen LogP contribution in [0.2, 0.25) is 0 Å². The number of carbonyl (C=O) groups is 1. The van der Waals surface area contributed by atoms with Gasteiger partial charge in [-0.15, -0.1) is 0 Å². The summed E-state index contributed by atoms with van der Waals surface area (Å²) in [5.74, 6) is -0.271. The lowest BCUT2D eigenvalue weighted by Gasteiger charge is -2.17. The number of aromatic amines is 1. The van der Waals surface area contributed by atoms with Crippen molar-refractivity contribution >= 4 is 18.1 Å². The predicted octanol–water partition coefficient (Wildman–Crippen LogP) is 2.13. The molecule has 1 heterocycles. The standard InChI is InChI=1S/C15H14N2O2S/c18-12-8-9-4-1-2-5-10(9)13(12)17-14(19)11-6-3-7-16-15(11)20/h1-7,12-13,18H,8H2,(H,16,20)(H,17,19)/t12-,13+/m1/s1. The molecule has 0 radical (unpaired) electrons. The lowest BCUT2D eigenvalue weighted by Crippen LogP contribution is -2.34. The van der Waals surface area contributed by atoms with Crippen molar-refractivity contribution in [3.05, 3.63) is 63.9 Å². The van der Waals surface area contributed by atoms with Crippen molar-refractivity contribution in [1.82, 2.24) is 10.3 Å². The molecule has 1 aromatic carbocycles. The zero-order valence-corrected chi connectivity index (χ0v) is 11.5. The molecule has 0 saturated heterocycles. The second-order valence-corrected chi connectivity index (χ2v) is 5.24. The van der Waals surface area contributed by atoms with Crippen LogP contribution in [-0.2, 0) is 6.42 Å². The monoisotopic (exact) mass is 286 g/mol. The first kappa shape index (κ1) is 13.0. The van der Waals surface area contributed by atoms with E-state index in [4.69, 9.17) is 12.2 Å². The number of H-pyrrole nitrogens is 1. The smallest absolute Gasteiger partial charge is 0.254 e. The van der Waals surface area contributed by atoms with Crippen LogP contribution in [0.4, 0.5) is 0 Å². The molecule has 3 N–H and O–H groups in total. The Kier molecular flexibility index (Phi) is 3.38. The number of aromatic nitrogens is 1. The molecular formula is C15H14N2O2S. The number of amides is 1. The van der Waals surface area contributed by atoms with Gasteiger partial charge in [0.15, 0.2) is 0 Å². The minimum absolute atomic E-state index is 0.271. The third kappa shape index (κ3) is 2.26. The van der Waals surface area contributed by atoms with Crippen molar-refractivity contribution in [3.8, 4) is 0 Å². The number of pyridine rings is 1. The first-order valence-electron chi connectivity index (χ1n) is 6.41. The SMILES string of the molecule is O=C(N[C@H]1c2ccccc2C[C@H]1O)c1ccc[nH]c1=S. The van der Waals surface area contributed by atoms with Crippen LogP contribution in [0.25, 0.3) is 0 Å². The number of rotatable bonds is 2. The molecule has 1 amide bonds. The van der Waals surface area contributed by atoms with Gasteiger partial charge in [0.1, 0.15) is 4.64 Å². The Morgan fingerprint density at radius 2 is 2.10 bits per heavy atom. The van der Waals surface area contributed by atoms with Gasteiger partial charge in [0.2, 0.25) is 0 Å². The highest BCUT2D eigenvalue weighted by molar-refractivity contribution is 7.71. The summed E-state index contributed by atoms with van der Waals surface area (Å²) in [6, 6.07) is 10.8. The third-order valence-corrected chi connectivity index (χ3v) is 3.89. The van der Waals surface area contributed by atoms with E-state index in [0.717, 1.165) is 11.1 Å². The summed E-state index contributed by atoms with van der Waals surface area (Å²) in [6.07, 6.45) is 1.64. The van der Waals surface area contributed by atoms with E-state index in [2.05, 4.69) is 10.3 Å². The fourth-order valence-electron chi connectivity index (χ4n) is 2.57. The van der Waals surface area contributed by atoms with Gasteiger partial charge in [-0.2, -0.15) is 0 Å². The molecule has 1 aliphatic carbocycles. The molecule has 3 rings (SSSR count). The second kappa shape index (κ2) is 5.19. The van der Waals surface area contributed by atoms with Gasteiger partial charge >= 0.3 is 0 Å². The second-order valence-electron chi connectivity index (χ2n) is 4.83. The van der Waals surface area contributed by atoms with Crippen LogP contribution >= 0.6 is 12.2 Å². The van der Waals surface area contributed by atoms with Crippen LogP contribution in [0.1, 0.15) is 27.5 Å². The zero-order chi connectivity index (χ0) is 14.1. The highest BCUT2D eigenvalue weighted by Crippen LogP contribution is 2.31. The minimum Gasteiger partial charge on any atom is -0.390 e. The molecule has 0 unspecified atom stereocenters. The van der Waals surface area contributed by atoms with Gasteiger partial charge < -0.3 is 15.4 Å². The molecule has 2 atom stereocenters. The van der Waals surface area contributed by atoms with Gasteiger partial charge in [-0.25, -0.2) is 0 Å². The maximum Gasteiger partial charge on any atom is 0.254 e. The Hall–Kier alpha value is -1.98. The highest BCUT2D eigenvalue weighted by atomic mass is 32.1. The quantitative estimate of drug-likeness (QED) is 0.741. The van der Waals surface area contributed by atoms with Gasteiger partial charge in [0.25, 0.3) is 5.91 Å². The number of hydrogen-bond donors (Lipinski definition) is 3. The van der Waals surface area contributed by atoms with Gasteiger partial charge in [-0.05, 0) is 23.3 Å². The Morgan fingerprint density at radius 1 is 1.30 bits per heavy atom. The van der Waals surface area contributed by atoms with Crippen LogP contribution in [0.15, 0.2) is 42.6 Å². The topological polar surface area (TPSA) is 65.1 Å². The number of hydrogen-bond acceptors (Lipinski definition) is 3. The molecule has 1 aromatic heterocycles.